The van der Waals surface area contributed by atoms with Crippen LogP contribution in [0.4, 0.5) is 0 Å². The molecule has 1 saturated heterocycles. The Morgan fingerprint density at radius 1 is 0.500 bits per heavy atom. The van der Waals surface area contributed by atoms with Crippen LogP contribution in [0.25, 0.3) is 0 Å². The molecule has 68 heavy (non-hydrogen) atoms. The van der Waals surface area contributed by atoms with Crippen molar-refractivity contribution in [1.82, 2.24) is 0 Å². The van der Waals surface area contributed by atoms with Gasteiger partial charge in [0.25, 0.3) is 0 Å². The number of hydrogen-bond acceptors (Lipinski definition) is 11. The van der Waals surface area contributed by atoms with Gasteiger partial charge in [-0.05, 0) is 12.8 Å². The van der Waals surface area contributed by atoms with E-state index in [-0.39, 0.29) is 25.6 Å². The van der Waals surface area contributed by atoms with E-state index in [4.69, 9.17) is 18.9 Å². The molecule has 12 nitrogen and oxygen atoms in total. The molecule has 0 spiro atoms. The van der Waals surface area contributed by atoms with Gasteiger partial charge in [-0.2, -0.15) is 8.42 Å². The minimum absolute atomic E-state index is 0.0456. The van der Waals surface area contributed by atoms with Crippen molar-refractivity contribution < 1.29 is 56.2 Å². The molecule has 1 heterocycles. The van der Waals surface area contributed by atoms with Crippen LogP contribution in [0.3, 0.4) is 0 Å². The first-order chi connectivity index (χ1) is 33.1. The molecule has 6 atom stereocenters. The summed E-state index contributed by atoms with van der Waals surface area (Å²) >= 11 is 0. The van der Waals surface area contributed by atoms with Gasteiger partial charge in [-0.25, -0.2) is 4.18 Å². The monoisotopic (exact) mass is 993 g/mol. The Bertz CT molecular complexity index is 1190. The van der Waals surface area contributed by atoms with E-state index < -0.39 is 53.8 Å². The Morgan fingerprint density at radius 3 is 1.18 bits per heavy atom. The predicted molar refractivity (Wildman–Crippen MR) is 276 cm³/mol. The lowest BCUT2D eigenvalue weighted by Crippen LogP contribution is -2.60. The van der Waals surface area contributed by atoms with Crippen LogP contribution in [-0.2, 0) is 38.3 Å². The van der Waals surface area contributed by atoms with Crippen LogP contribution in [0.1, 0.15) is 284 Å². The number of ether oxygens (including phenoxy) is 4. The van der Waals surface area contributed by atoms with Gasteiger partial charge in [-0.3, -0.25) is 9.35 Å². The summed E-state index contributed by atoms with van der Waals surface area (Å²) in [5.41, 5.74) is 0. The topological polar surface area (TPSA) is 178 Å². The predicted octanol–water partition coefficient (Wildman–Crippen LogP) is 14.0. The molecule has 0 radical (unpaired) electrons. The number of aliphatic hydroxyl groups is 3. The number of hydrogen-bond donors (Lipinski definition) is 4. The average molecular weight is 994 g/mol. The second-order valence-electron chi connectivity index (χ2n) is 20.3. The van der Waals surface area contributed by atoms with Crippen LogP contribution < -0.4 is 0 Å². The second-order valence-corrected chi connectivity index (χ2v) is 21.3. The lowest BCUT2D eigenvalue weighted by atomic mass is 9.99. The summed E-state index contributed by atoms with van der Waals surface area (Å²) in [6, 6.07) is 0. The maximum absolute atomic E-state index is 12.9. The van der Waals surface area contributed by atoms with Crippen molar-refractivity contribution in [2.75, 3.05) is 26.4 Å². The molecule has 0 saturated carbocycles. The molecule has 1 rings (SSSR count). The Morgan fingerprint density at radius 2 is 0.838 bits per heavy atom. The lowest BCUT2D eigenvalue weighted by molar-refractivity contribution is -0.301. The molecule has 0 aliphatic carbocycles. The molecule has 0 aromatic carbocycles. The summed E-state index contributed by atoms with van der Waals surface area (Å²) in [5.74, 6) is -0.390. The fourth-order valence-electron chi connectivity index (χ4n) is 9.38. The van der Waals surface area contributed by atoms with Gasteiger partial charge in [0.15, 0.2) is 6.29 Å². The maximum atomic E-state index is 12.9. The van der Waals surface area contributed by atoms with Gasteiger partial charge < -0.3 is 34.3 Å². The Labute approximate surface area is 417 Å². The van der Waals surface area contributed by atoms with E-state index in [9.17, 15) is 33.1 Å². The molecule has 0 aromatic heterocycles. The summed E-state index contributed by atoms with van der Waals surface area (Å²) in [6.07, 6.45) is 44.3. The molecule has 13 heteroatoms. The minimum Gasteiger partial charge on any atom is -0.457 e. The molecular weight excluding hydrogens is 885 g/mol. The maximum Gasteiger partial charge on any atom is 0.397 e. The van der Waals surface area contributed by atoms with E-state index in [0.717, 1.165) is 38.5 Å². The molecule has 0 amide bonds. The number of unbranched alkanes of at least 4 members (excludes halogenated alkanes) is 39. The first-order valence-electron chi connectivity index (χ1n) is 28.8. The van der Waals surface area contributed by atoms with Crippen molar-refractivity contribution in [2.24, 2.45) is 0 Å². The van der Waals surface area contributed by atoms with Gasteiger partial charge in [-0.1, -0.05) is 264 Å². The summed E-state index contributed by atoms with van der Waals surface area (Å²) in [4.78, 5) is 12.9. The van der Waals surface area contributed by atoms with Crippen molar-refractivity contribution in [3.05, 3.63) is 0 Å². The molecule has 1 fully saturated rings. The van der Waals surface area contributed by atoms with E-state index in [1.165, 1.54) is 218 Å². The molecule has 406 valence electrons. The van der Waals surface area contributed by atoms with E-state index in [0.29, 0.717) is 13.0 Å². The summed E-state index contributed by atoms with van der Waals surface area (Å²) in [6.45, 7) is 4.07. The zero-order valence-electron chi connectivity index (χ0n) is 44.0. The summed E-state index contributed by atoms with van der Waals surface area (Å²) < 4.78 is 59.4. The third-order valence-electron chi connectivity index (χ3n) is 13.7. The molecule has 0 bridgehead atoms. The number of aliphatic hydroxyl groups excluding tert-OH is 3. The van der Waals surface area contributed by atoms with Gasteiger partial charge in [0.1, 0.15) is 30.5 Å². The highest BCUT2D eigenvalue weighted by molar-refractivity contribution is 7.80. The van der Waals surface area contributed by atoms with Crippen LogP contribution in [0.15, 0.2) is 0 Å². The quantitative estimate of drug-likeness (QED) is 0.0258. The largest absolute Gasteiger partial charge is 0.457 e. The van der Waals surface area contributed by atoms with E-state index in [1.807, 2.05) is 0 Å². The first kappa shape index (κ1) is 65.1. The average Bonchev–Trinajstić information content (AvgIpc) is 3.31. The highest BCUT2D eigenvalue weighted by Crippen LogP contribution is 2.26. The van der Waals surface area contributed by atoms with Crippen molar-refractivity contribution >= 4 is 16.4 Å². The van der Waals surface area contributed by atoms with E-state index >= 15 is 0 Å². The third kappa shape index (κ3) is 39.7. The second kappa shape index (κ2) is 47.1. The number of rotatable bonds is 52. The molecule has 0 aromatic rings. The minimum atomic E-state index is -5.06. The van der Waals surface area contributed by atoms with Crippen LogP contribution in [0.5, 0.6) is 0 Å². The van der Waals surface area contributed by atoms with Crippen LogP contribution >= 0.6 is 0 Å². The zero-order chi connectivity index (χ0) is 49.6. The lowest BCUT2D eigenvalue weighted by Gasteiger charge is -2.41. The van der Waals surface area contributed by atoms with E-state index in [1.54, 1.807) is 0 Å². The molecular formula is C55H108O12S. The SMILES string of the molecule is CCCCCCCCCCCCCCCCCCCCCCCCCCOCC(COC1OC(CO)C(O)C(OS(=O)(=O)O)C1O)OC(=O)CCCCCCCCCCCCCCCCCCC. The third-order valence-corrected chi connectivity index (χ3v) is 14.2. The number of carbonyl (C=O) groups is 1. The van der Waals surface area contributed by atoms with Gasteiger partial charge in [-0.15, -0.1) is 0 Å². The first-order valence-corrected chi connectivity index (χ1v) is 30.2. The van der Waals surface area contributed by atoms with Crippen molar-refractivity contribution in [3.8, 4) is 0 Å². The van der Waals surface area contributed by atoms with Crippen LogP contribution in [-0.4, -0.2) is 97.5 Å². The highest BCUT2D eigenvalue weighted by atomic mass is 32.3. The molecule has 1 aliphatic rings. The van der Waals surface area contributed by atoms with Crippen molar-refractivity contribution in [1.29, 1.82) is 0 Å². The standard InChI is InChI=1S/C55H108O12S/c1-3-5-7-9-11-13-15-17-19-21-22-23-24-25-26-27-29-31-33-35-37-39-41-43-45-63-47-49(48-64-55-53(59)54(67-68(60,61)62)52(58)50(46-56)66-55)65-51(57)44-42-40-38-36-34-32-30-28-20-18-16-14-12-10-8-6-4-2/h49-50,52-56,58-59H,3-48H2,1-2H3,(H,60,61,62). The fraction of sp³-hybridized carbons (Fsp3) is 0.982. The Balaban J connectivity index is 2.26. The number of carbonyl (C=O) groups excluding carboxylic acids is 1. The van der Waals surface area contributed by atoms with Gasteiger partial charge >= 0.3 is 16.4 Å². The fourth-order valence-corrected chi connectivity index (χ4v) is 9.89. The van der Waals surface area contributed by atoms with Gasteiger partial charge in [0.05, 0.1) is 19.8 Å². The Hall–Kier alpha value is -0.900. The number of esters is 1. The molecule has 6 unspecified atom stereocenters. The normalized spacial score (nSPS) is 19.2. The zero-order valence-corrected chi connectivity index (χ0v) is 44.8. The van der Waals surface area contributed by atoms with Gasteiger partial charge in [0.2, 0.25) is 0 Å². The van der Waals surface area contributed by atoms with Crippen LogP contribution in [0.2, 0.25) is 0 Å². The highest BCUT2D eigenvalue weighted by Gasteiger charge is 2.48. The summed E-state index contributed by atoms with van der Waals surface area (Å²) in [5, 5.41) is 30.8. The van der Waals surface area contributed by atoms with Crippen LogP contribution in [0, 0.1) is 0 Å². The van der Waals surface area contributed by atoms with Crippen molar-refractivity contribution in [2.45, 2.75) is 320 Å². The molecule has 4 N–H and O–H groups in total. The Kier molecular flexibility index (Phi) is 45.1. The van der Waals surface area contributed by atoms with Crippen molar-refractivity contribution in [3.63, 3.8) is 0 Å². The van der Waals surface area contributed by atoms with Gasteiger partial charge in [0, 0.05) is 13.0 Å². The molecule has 1 aliphatic heterocycles. The summed E-state index contributed by atoms with van der Waals surface area (Å²) in [7, 11) is -5.06. The smallest absolute Gasteiger partial charge is 0.397 e. The van der Waals surface area contributed by atoms with E-state index in [2.05, 4.69) is 18.0 Å².